The number of aliphatic hydroxyl groups excluding tert-OH is 1. The molecular weight excluding hydrogens is 330 g/mol. The van der Waals surface area contributed by atoms with Crippen molar-refractivity contribution < 1.29 is 14.6 Å². The van der Waals surface area contributed by atoms with Gasteiger partial charge in [0.25, 0.3) is 0 Å². The van der Waals surface area contributed by atoms with Gasteiger partial charge in [0.1, 0.15) is 5.75 Å². The number of hydrogen-bond donors (Lipinski definition) is 1. The quantitative estimate of drug-likeness (QED) is 0.854. The summed E-state index contributed by atoms with van der Waals surface area (Å²) in [6.07, 6.45) is 4.80. The lowest BCUT2D eigenvalue weighted by molar-refractivity contribution is -0.0561. The molecule has 2 atom stereocenters. The zero-order valence-corrected chi connectivity index (χ0v) is 15.3. The van der Waals surface area contributed by atoms with Crippen molar-refractivity contribution in [3.8, 4) is 5.75 Å². The monoisotopic (exact) mass is 357 g/mol. The fourth-order valence-corrected chi connectivity index (χ4v) is 4.43. The molecule has 0 unspecified atom stereocenters. The van der Waals surface area contributed by atoms with Gasteiger partial charge in [0.2, 0.25) is 0 Å². The van der Waals surface area contributed by atoms with Crippen molar-refractivity contribution in [2.45, 2.75) is 19.5 Å². The second kappa shape index (κ2) is 7.39. The number of aliphatic hydroxyl groups is 1. The van der Waals surface area contributed by atoms with Crippen LogP contribution in [0.15, 0.2) is 36.7 Å². The number of likely N-dealkylation sites (tertiary alicyclic amines) is 1. The van der Waals surface area contributed by atoms with Crippen molar-refractivity contribution in [1.29, 1.82) is 0 Å². The first kappa shape index (κ1) is 17.5. The summed E-state index contributed by atoms with van der Waals surface area (Å²) in [6, 6.07) is 8.32. The average molecular weight is 357 g/mol. The van der Waals surface area contributed by atoms with E-state index in [2.05, 4.69) is 22.1 Å². The summed E-state index contributed by atoms with van der Waals surface area (Å²) < 4.78 is 13.1. The predicted molar refractivity (Wildman–Crippen MR) is 98.0 cm³/mol. The van der Waals surface area contributed by atoms with Gasteiger partial charge < -0.3 is 14.6 Å². The van der Waals surface area contributed by atoms with Gasteiger partial charge in [-0.3, -0.25) is 9.58 Å². The fourth-order valence-electron chi connectivity index (χ4n) is 4.43. The van der Waals surface area contributed by atoms with Crippen LogP contribution in [0, 0.1) is 11.3 Å². The first-order valence-corrected chi connectivity index (χ1v) is 9.26. The Balaban J connectivity index is 1.50. The minimum Gasteiger partial charge on any atom is -0.496 e. The van der Waals surface area contributed by atoms with Crippen molar-refractivity contribution in [2.75, 3.05) is 40.0 Å². The molecule has 1 aromatic carbocycles. The third-order valence-corrected chi connectivity index (χ3v) is 5.84. The van der Waals surface area contributed by atoms with Crippen LogP contribution in [-0.2, 0) is 17.8 Å². The Morgan fingerprint density at radius 1 is 1.38 bits per heavy atom. The topological polar surface area (TPSA) is 59.8 Å². The largest absolute Gasteiger partial charge is 0.496 e. The lowest BCUT2D eigenvalue weighted by Crippen LogP contribution is -2.42. The van der Waals surface area contributed by atoms with Crippen molar-refractivity contribution in [3.05, 3.63) is 47.8 Å². The maximum atomic E-state index is 9.96. The van der Waals surface area contributed by atoms with Crippen molar-refractivity contribution in [2.24, 2.45) is 11.3 Å². The molecule has 6 nitrogen and oxygen atoms in total. The number of ether oxygens (including phenoxy) is 2. The number of fused-ring (bicyclic) bond motifs is 1. The van der Waals surface area contributed by atoms with E-state index in [1.54, 1.807) is 13.3 Å². The number of benzene rings is 1. The van der Waals surface area contributed by atoms with E-state index in [0.29, 0.717) is 19.1 Å². The second-order valence-corrected chi connectivity index (χ2v) is 7.58. The zero-order valence-electron chi connectivity index (χ0n) is 15.3. The van der Waals surface area contributed by atoms with Crippen molar-refractivity contribution in [3.63, 3.8) is 0 Å². The summed E-state index contributed by atoms with van der Waals surface area (Å²) >= 11 is 0. The van der Waals surface area contributed by atoms with Gasteiger partial charge in [0.05, 0.1) is 26.9 Å². The maximum Gasteiger partial charge on any atom is 0.123 e. The van der Waals surface area contributed by atoms with Gasteiger partial charge in [-0.1, -0.05) is 6.07 Å². The Labute approximate surface area is 154 Å². The van der Waals surface area contributed by atoms with Crippen LogP contribution in [0.1, 0.15) is 17.5 Å². The summed E-state index contributed by atoms with van der Waals surface area (Å²) in [4.78, 5) is 2.45. The molecule has 2 aromatic rings. The Morgan fingerprint density at radius 2 is 2.31 bits per heavy atom. The van der Waals surface area contributed by atoms with Gasteiger partial charge in [0.15, 0.2) is 0 Å². The van der Waals surface area contributed by atoms with E-state index >= 15 is 0 Å². The van der Waals surface area contributed by atoms with Gasteiger partial charge >= 0.3 is 0 Å². The summed E-state index contributed by atoms with van der Waals surface area (Å²) in [7, 11) is 1.71. The molecule has 26 heavy (non-hydrogen) atoms. The Hall–Kier alpha value is -1.89. The molecule has 1 aromatic heterocycles. The molecule has 1 N–H and O–H groups in total. The highest BCUT2D eigenvalue weighted by atomic mass is 16.5. The normalized spacial score (nSPS) is 26.0. The van der Waals surface area contributed by atoms with Gasteiger partial charge in [0, 0.05) is 49.6 Å². The van der Waals surface area contributed by atoms with Gasteiger partial charge in [-0.2, -0.15) is 5.10 Å². The third-order valence-electron chi connectivity index (χ3n) is 5.84. The zero-order chi connectivity index (χ0) is 18.0. The molecule has 6 heteroatoms. The maximum absolute atomic E-state index is 9.96. The number of rotatable bonds is 6. The lowest BCUT2D eigenvalue weighted by Gasteiger charge is -2.36. The highest BCUT2D eigenvalue weighted by Gasteiger charge is 2.47. The number of aromatic nitrogens is 2. The molecular formula is C20H27N3O3. The van der Waals surface area contributed by atoms with E-state index in [1.165, 1.54) is 5.56 Å². The van der Waals surface area contributed by atoms with E-state index in [1.807, 2.05) is 23.0 Å². The van der Waals surface area contributed by atoms with Crippen LogP contribution in [0.25, 0.3) is 0 Å². The highest BCUT2D eigenvalue weighted by molar-refractivity contribution is 5.37. The Bertz CT molecular complexity index is 734. The molecule has 0 spiro atoms. The van der Waals surface area contributed by atoms with E-state index in [-0.39, 0.29) is 12.0 Å². The molecule has 4 rings (SSSR count). The van der Waals surface area contributed by atoms with Gasteiger partial charge in [-0.25, -0.2) is 0 Å². The van der Waals surface area contributed by atoms with Crippen molar-refractivity contribution in [1.82, 2.24) is 14.7 Å². The SMILES string of the molecule is COc1ccc(CN2C[C@@H]3CCOC[C@]3(CO)C2)cc1Cn1cccn1. The Morgan fingerprint density at radius 3 is 3.04 bits per heavy atom. The van der Waals surface area contributed by atoms with Crippen LogP contribution in [0.4, 0.5) is 0 Å². The molecule has 3 heterocycles. The molecule has 0 amide bonds. The minimum absolute atomic E-state index is 0.0807. The summed E-state index contributed by atoms with van der Waals surface area (Å²) in [6.45, 7) is 5.21. The molecule has 2 fully saturated rings. The standard InChI is InChI=1S/C20H27N3O3/c1-25-19-4-3-16(9-17(19)11-23-7-2-6-21-23)10-22-12-18-5-8-26-15-20(18,13-22)14-24/h2-4,6-7,9,18,24H,5,8,10-15H2,1H3/t18-,20+/m0/s1. The summed E-state index contributed by atoms with van der Waals surface area (Å²) in [5, 5.41) is 14.3. The third kappa shape index (κ3) is 3.37. The van der Waals surface area contributed by atoms with Crippen LogP contribution in [-0.4, -0.2) is 59.8 Å². The molecule has 2 aliphatic heterocycles. The first-order valence-electron chi connectivity index (χ1n) is 9.26. The number of hydrogen-bond acceptors (Lipinski definition) is 5. The van der Waals surface area contributed by atoms with E-state index in [0.717, 1.165) is 44.0 Å². The Kier molecular flexibility index (Phi) is 4.98. The van der Waals surface area contributed by atoms with Gasteiger partial charge in [-0.05, 0) is 36.1 Å². The highest BCUT2D eigenvalue weighted by Crippen LogP contribution is 2.41. The van der Waals surface area contributed by atoms with E-state index in [9.17, 15) is 5.11 Å². The fraction of sp³-hybridized carbons (Fsp3) is 0.550. The molecule has 140 valence electrons. The van der Waals surface area contributed by atoms with Crippen LogP contribution in [0.2, 0.25) is 0 Å². The molecule has 2 saturated heterocycles. The van der Waals surface area contributed by atoms with Crippen molar-refractivity contribution >= 4 is 0 Å². The molecule has 0 aliphatic carbocycles. The van der Waals surface area contributed by atoms with Gasteiger partial charge in [-0.15, -0.1) is 0 Å². The van der Waals surface area contributed by atoms with Crippen LogP contribution >= 0.6 is 0 Å². The smallest absolute Gasteiger partial charge is 0.123 e. The summed E-state index contributed by atoms with van der Waals surface area (Å²) in [5.74, 6) is 1.42. The van der Waals surface area contributed by atoms with E-state index in [4.69, 9.17) is 9.47 Å². The van der Waals surface area contributed by atoms with Crippen LogP contribution in [0.3, 0.4) is 0 Å². The minimum atomic E-state index is -0.0807. The molecule has 0 bridgehead atoms. The number of methoxy groups -OCH3 is 1. The van der Waals surface area contributed by atoms with E-state index < -0.39 is 0 Å². The molecule has 0 radical (unpaired) electrons. The van der Waals surface area contributed by atoms with Crippen LogP contribution in [0.5, 0.6) is 5.75 Å². The average Bonchev–Trinajstić information content (AvgIpc) is 3.29. The van der Waals surface area contributed by atoms with Crippen LogP contribution < -0.4 is 4.74 Å². The lowest BCUT2D eigenvalue weighted by atomic mass is 9.76. The molecule has 2 aliphatic rings. The predicted octanol–water partition coefficient (Wildman–Crippen LogP) is 1.77. The number of nitrogens with zero attached hydrogens (tertiary/aromatic N) is 3. The first-order chi connectivity index (χ1) is 12.7. The molecule has 0 saturated carbocycles. The summed E-state index contributed by atoms with van der Waals surface area (Å²) in [5.41, 5.74) is 2.31. The second-order valence-electron chi connectivity index (χ2n) is 7.58.